The van der Waals surface area contributed by atoms with Crippen molar-refractivity contribution in [2.45, 2.75) is 6.92 Å². The van der Waals surface area contributed by atoms with Gasteiger partial charge >= 0.3 is 5.97 Å². The van der Waals surface area contributed by atoms with E-state index in [1.54, 1.807) is 31.2 Å². The van der Waals surface area contributed by atoms with Crippen molar-refractivity contribution in [2.75, 3.05) is 11.9 Å². The van der Waals surface area contributed by atoms with E-state index in [0.29, 0.717) is 17.3 Å². The third kappa shape index (κ3) is 3.17. The van der Waals surface area contributed by atoms with Crippen LogP contribution in [0.2, 0.25) is 0 Å². The van der Waals surface area contributed by atoms with E-state index in [1.807, 2.05) is 0 Å². The SMILES string of the molecule is CCOC(=O)C=CNc1oc2ccccc2c(=O)c1C=O. The van der Waals surface area contributed by atoms with Crippen molar-refractivity contribution in [1.29, 1.82) is 0 Å². The second kappa shape index (κ2) is 6.51. The van der Waals surface area contributed by atoms with Crippen molar-refractivity contribution in [3.05, 3.63) is 52.3 Å². The molecule has 1 N–H and O–H groups in total. The van der Waals surface area contributed by atoms with Crippen LogP contribution in [0.25, 0.3) is 11.0 Å². The number of hydrogen-bond acceptors (Lipinski definition) is 6. The maximum Gasteiger partial charge on any atom is 0.332 e. The number of aldehydes is 1. The third-order valence-electron chi connectivity index (χ3n) is 2.67. The molecular weight excluding hydrogens is 274 g/mol. The first-order valence-corrected chi connectivity index (χ1v) is 6.28. The van der Waals surface area contributed by atoms with E-state index in [9.17, 15) is 14.4 Å². The summed E-state index contributed by atoms with van der Waals surface area (Å²) in [5.41, 5.74) is -0.221. The standard InChI is InChI=1S/C15H13NO5/c1-2-20-13(18)7-8-16-15-11(9-17)14(19)10-5-3-4-6-12(10)21-15/h3-9,16H,2H2,1H3. The van der Waals surface area contributed by atoms with Crippen LogP contribution in [0.4, 0.5) is 5.88 Å². The maximum atomic E-state index is 12.1. The van der Waals surface area contributed by atoms with Gasteiger partial charge in [0.1, 0.15) is 11.1 Å². The second-order valence-corrected chi connectivity index (χ2v) is 4.02. The summed E-state index contributed by atoms with van der Waals surface area (Å²) in [5, 5.41) is 2.93. The van der Waals surface area contributed by atoms with Gasteiger partial charge in [0.15, 0.2) is 6.29 Å². The van der Waals surface area contributed by atoms with Gasteiger partial charge in [-0.3, -0.25) is 9.59 Å². The Bertz CT molecular complexity index is 760. The molecule has 108 valence electrons. The molecule has 2 rings (SSSR count). The van der Waals surface area contributed by atoms with E-state index in [0.717, 1.165) is 6.08 Å². The molecule has 0 aliphatic carbocycles. The van der Waals surface area contributed by atoms with Crippen LogP contribution in [0.3, 0.4) is 0 Å². The van der Waals surface area contributed by atoms with E-state index >= 15 is 0 Å². The van der Waals surface area contributed by atoms with Crippen LogP contribution in [0, 0.1) is 0 Å². The minimum atomic E-state index is -0.541. The van der Waals surface area contributed by atoms with Crippen molar-refractivity contribution in [3.8, 4) is 0 Å². The molecule has 0 aliphatic heterocycles. The number of benzene rings is 1. The fourth-order valence-electron chi connectivity index (χ4n) is 1.75. The average molecular weight is 287 g/mol. The summed E-state index contributed by atoms with van der Waals surface area (Å²) >= 11 is 0. The molecule has 0 spiro atoms. The van der Waals surface area contributed by atoms with Gasteiger partial charge in [0, 0.05) is 12.3 Å². The molecule has 0 fully saturated rings. The van der Waals surface area contributed by atoms with Crippen LogP contribution in [0.1, 0.15) is 17.3 Å². The van der Waals surface area contributed by atoms with Gasteiger partial charge in [-0.1, -0.05) is 12.1 Å². The van der Waals surface area contributed by atoms with Crippen LogP contribution < -0.4 is 10.7 Å². The van der Waals surface area contributed by atoms with Gasteiger partial charge in [0.2, 0.25) is 11.3 Å². The van der Waals surface area contributed by atoms with Gasteiger partial charge in [0.05, 0.1) is 12.0 Å². The average Bonchev–Trinajstić information content (AvgIpc) is 2.48. The molecule has 0 aliphatic rings. The molecule has 6 heteroatoms. The highest BCUT2D eigenvalue weighted by atomic mass is 16.5. The van der Waals surface area contributed by atoms with Crippen molar-refractivity contribution >= 4 is 29.1 Å². The molecule has 21 heavy (non-hydrogen) atoms. The van der Waals surface area contributed by atoms with Gasteiger partial charge in [-0.15, -0.1) is 0 Å². The van der Waals surface area contributed by atoms with Crippen LogP contribution >= 0.6 is 0 Å². The van der Waals surface area contributed by atoms with Gasteiger partial charge in [-0.05, 0) is 19.1 Å². The number of anilines is 1. The van der Waals surface area contributed by atoms with E-state index in [2.05, 4.69) is 5.32 Å². The first kappa shape index (κ1) is 14.5. The molecule has 1 heterocycles. The molecule has 6 nitrogen and oxygen atoms in total. The first-order chi connectivity index (χ1) is 10.2. The van der Waals surface area contributed by atoms with Gasteiger partial charge in [-0.25, -0.2) is 4.79 Å². The Balaban J connectivity index is 2.37. The number of fused-ring (bicyclic) bond motifs is 1. The number of para-hydroxylation sites is 1. The predicted molar refractivity (Wildman–Crippen MR) is 77.3 cm³/mol. The van der Waals surface area contributed by atoms with E-state index in [-0.39, 0.29) is 18.1 Å². The normalized spacial score (nSPS) is 10.7. The summed E-state index contributed by atoms with van der Waals surface area (Å²) in [5.74, 6) is -0.560. The Labute approximate surface area is 120 Å². The first-order valence-electron chi connectivity index (χ1n) is 6.28. The largest absolute Gasteiger partial charge is 0.463 e. The third-order valence-corrected chi connectivity index (χ3v) is 2.67. The summed E-state index contributed by atoms with van der Waals surface area (Å²) in [6.45, 7) is 1.94. The minimum absolute atomic E-state index is 0.0192. The molecule has 0 amide bonds. The summed E-state index contributed by atoms with van der Waals surface area (Å²) in [4.78, 5) is 34.4. The zero-order valence-electron chi connectivity index (χ0n) is 11.3. The van der Waals surface area contributed by atoms with Crippen molar-refractivity contribution in [3.63, 3.8) is 0 Å². The number of carbonyl (C=O) groups is 2. The smallest absolute Gasteiger partial charge is 0.332 e. The summed E-state index contributed by atoms with van der Waals surface area (Å²) in [6.07, 6.45) is 2.80. The van der Waals surface area contributed by atoms with E-state index in [4.69, 9.17) is 9.15 Å². The molecule has 0 unspecified atom stereocenters. The molecule has 1 aromatic heterocycles. The lowest BCUT2D eigenvalue weighted by atomic mass is 10.2. The lowest BCUT2D eigenvalue weighted by Crippen LogP contribution is -2.11. The fourth-order valence-corrected chi connectivity index (χ4v) is 1.75. The van der Waals surface area contributed by atoms with Gasteiger partial charge < -0.3 is 14.5 Å². The summed E-state index contributed by atoms with van der Waals surface area (Å²) in [7, 11) is 0. The number of nitrogens with one attached hydrogen (secondary N) is 1. The topological polar surface area (TPSA) is 85.6 Å². The molecular formula is C15H13NO5. The summed E-state index contributed by atoms with van der Waals surface area (Å²) < 4.78 is 10.2. The van der Waals surface area contributed by atoms with Gasteiger partial charge in [0.25, 0.3) is 0 Å². The second-order valence-electron chi connectivity index (χ2n) is 4.02. The fraction of sp³-hybridized carbons (Fsp3) is 0.133. The Morgan fingerprint density at radius 1 is 1.38 bits per heavy atom. The number of ether oxygens (including phenoxy) is 1. The highest BCUT2D eigenvalue weighted by molar-refractivity contribution is 5.90. The van der Waals surface area contributed by atoms with E-state index < -0.39 is 11.4 Å². The Morgan fingerprint density at radius 2 is 2.14 bits per heavy atom. The summed E-state index contributed by atoms with van der Waals surface area (Å²) in [6, 6.07) is 6.59. The molecule has 0 saturated heterocycles. The number of carbonyl (C=O) groups excluding carboxylic acids is 2. The zero-order chi connectivity index (χ0) is 15.2. The monoisotopic (exact) mass is 287 g/mol. The van der Waals surface area contributed by atoms with Crippen LogP contribution in [0.15, 0.2) is 45.8 Å². The highest BCUT2D eigenvalue weighted by Gasteiger charge is 2.12. The Hall–Kier alpha value is -2.89. The number of esters is 1. The maximum absolute atomic E-state index is 12.1. The Morgan fingerprint density at radius 3 is 2.86 bits per heavy atom. The van der Waals surface area contributed by atoms with Gasteiger partial charge in [-0.2, -0.15) is 0 Å². The predicted octanol–water partition coefficient (Wildman–Crippen LogP) is 2.09. The molecule has 2 aromatic rings. The van der Waals surface area contributed by atoms with Crippen LogP contribution in [-0.2, 0) is 9.53 Å². The Kier molecular flexibility index (Phi) is 4.50. The van der Waals surface area contributed by atoms with Crippen molar-refractivity contribution < 1.29 is 18.7 Å². The number of rotatable bonds is 5. The molecule has 0 atom stereocenters. The van der Waals surface area contributed by atoms with Crippen LogP contribution in [0.5, 0.6) is 0 Å². The quantitative estimate of drug-likeness (QED) is 0.515. The molecule has 1 aromatic carbocycles. The number of hydrogen-bond donors (Lipinski definition) is 1. The minimum Gasteiger partial charge on any atom is -0.463 e. The lowest BCUT2D eigenvalue weighted by Gasteiger charge is -2.05. The van der Waals surface area contributed by atoms with Crippen molar-refractivity contribution in [1.82, 2.24) is 0 Å². The lowest BCUT2D eigenvalue weighted by molar-refractivity contribution is -0.137. The molecule has 0 bridgehead atoms. The molecule has 0 radical (unpaired) electrons. The van der Waals surface area contributed by atoms with Crippen molar-refractivity contribution in [2.24, 2.45) is 0 Å². The zero-order valence-corrected chi connectivity index (χ0v) is 11.3. The van der Waals surface area contributed by atoms with E-state index in [1.165, 1.54) is 6.20 Å². The van der Waals surface area contributed by atoms with Crippen LogP contribution in [-0.4, -0.2) is 18.9 Å². The molecule has 0 saturated carbocycles. The highest BCUT2D eigenvalue weighted by Crippen LogP contribution is 2.18.